The molecule has 0 saturated heterocycles. The van der Waals surface area contributed by atoms with E-state index in [1.165, 1.54) is 69.9 Å². The first kappa shape index (κ1) is 25.3. The molecule has 2 aromatic carbocycles. The Bertz CT molecular complexity index is 787. The van der Waals surface area contributed by atoms with E-state index in [4.69, 9.17) is 0 Å². The molecule has 2 rings (SSSR count). The maximum atomic E-state index is 11.3. The molecule has 0 aliphatic carbocycles. The fourth-order valence-electron chi connectivity index (χ4n) is 3.49. The minimum atomic E-state index is -4.41. The van der Waals surface area contributed by atoms with Crippen LogP contribution in [0.5, 0.6) is 0 Å². The van der Waals surface area contributed by atoms with Gasteiger partial charge in [-0.05, 0) is 41.3 Å². The van der Waals surface area contributed by atoms with Crippen LogP contribution in [0.1, 0.15) is 76.7 Å². The van der Waals surface area contributed by atoms with Gasteiger partial charge < -0.3 is 4.55 Å². The summed E-state index contributed by atoms with van der Waals surface area (Å²) in [5.74, 6) is 0. The van der Waals surface area contributed by atoms with Gasteiger partial charge >= 0.3 is 51.4 Å². The van der Waals surface area contributed by atoms with Crippen LogP contribution in [0.2, 0.25) is 0 Å². The van der Waals surface area contributed by atoms with Crippen LogP contribution >= 0.6 is 0 Å². The van der Waals surface area contributed by atoms with Crippen molar-refractivity contribution in [1.29, 1.82) is 0 Å². The molecule has 0 aliphatic rings. The predicted octanol–water partition coefficient (Wildman–Crippen LogP) is 3.21. The van der Waals surface area contributed by atoms with Crippen LogP contribution in [0.25, 0.3) is 10.8 Å². The summed E-state index contributed by atoms with van der Waals surface area (Å²) >= 11 is 0. The van der Waals surface area contributed by atoms with Gasteiger partial charge in [-0.25, -0.2) is 8.42 Å². The molecule has 2 aromatic rings. The molecule has 144 valence electrons. The number of fused-ring (bicyclic) bond motifs is 1. The van der Waals surface area contributed by atoms with Gasteiger partial charge in [0.2, 0.25) is 0 Å². The SMILES string of the molecule is CCCCCCCCCCCCc1cccc2ccc(S(=O)(=O)[O-])cc12.[K+]. The fraction of sp³-hybridized carbons (Fsp3) is 0.545. The van der Waals surface area contributed by atoms with E-state index in [-0.39, 0.29) is 56.3 Å². The van der Waals surface area contributed by atoms with E-state index in [1.807, 2.05) is 18.2 Å². The van der Waals surface area contributed by atoms with Gasteiger partial charge in [0.15, 0.2) is 0 Å². The number of hydrogen-bond acceptors (Lipinski definition) is 3. The molecule has 0 atom stereocenters. The number of rotatable bonds is 12. The van der Waals surface area contributed by atoms with Crippen molar-refractivity contribution in [2.75, 3.05) is 0 Å². The van der Waals surface area contributed by atoms with Crippen LogP contribution in [-0.2, 0) is 16.5 Å². The molecule has 0 heterocycles. The molecule has 3 nitrogen and oxygen atoms in total. The van der Waals surface area contributed by atoms with Crippen LogP contribution in [0.3, 0.4) is 0 Å². The third-order valence-electron chi connectivity index (χ3n) is 5.03. The number of unbranched alkanes of at least 4 members (excludes halogenated alkanes) is 9. The Morgan fingerprint density at radius 2 is 1.41 bits per heavy atom. The Hall–Kier alpha value is 0.246. The molecule has 0 unspecified atom stereocenters. The van der Waals surface area contributed by atoms with Gasteiger partial charge in [0, 0.05) is 0 Å². The van der Waals surface area contributed by atoms with Gasteiger partial charge in [0.1, 0.15) is 10.1 Å². The number of benzene rings is 2. The first-order chi connectivity index (χ1) is 12.5. The van der Waals surface area contributed by atoms with Crippen molar-refractivity contribution in [2.24, 2.45) is 0 Å². The summed E-state index contributed by atoms with van der Waals surface area (Å²) in [6, 6.07) is 10.6. The summed E-state index contributed by atoms with van der Waals surface area (Å²) in [4.78, 5) is -0.138. The van der Waals surface area contributed by atoms with Gasteiger partial charge in [0.25, 0.3) is 0 Å². The molecule has 0 bridgehead atoms. The third kappa shape index (κ3) is 9.07. The normalized spacial score (nSPS) is 11.5. The standard InChI is InChI=1S/C22H32O3S.K/c1-2-3-4-5-6-7-8-9-10-11-13-19-14-12-15-20-16-17-21(18-22(19)20)26(23,24)25;/h12,14-18H,2-11,13H2,1H3,(H,23,24,25);/q;+1/p-1. The van der Waals surface area contributed by atoms with E-state index in [2.05, 4.69) is 6.92 Å². The van der Waals surface area contributed by atoms with E-state index in [1.54, 1.807) is 6.07 Å². The van der Waals surface area contributed by atoms with E-state index in [0.717, 1.165) is 29.2 Å². The fourth-order valence-corrected chi connectivity index (χ4v) is 3.99. The second-order valence-corrected chi connectivity index (χ2v) is 8.57. The average Bonchev–Trinajstić information content (AvgIpc) is 2.62. The molecule has 5 heteroatoms. The quantitative estimate of drug-likeness (QED) is 0.304. The largest absolute Gasteiger partial charge is 1.00 e. The van der Waals surface area contributed by atoms with Gasteiger partial charge in [-0.15, -0.1) is 0 Å². The summed E-state index contributed by atoms with van der Waals surface area (Å²) in [6.07, 6.45) is 13.9. The van der Waals surface area contributed by atoms with Gasteiger partial charge in [-0.1, -0.05) is 89.0 Å². The summed E-state index contributed by atoms with van der Waals surface area (Å²) in [6.45, 7) is 2.25. The molecule has 0 N–H and O–H groups in total. The third-order valence-corrected chi connectivity index (χ3v) is 5.86. The van der Waals surface area contributed by atoms with Crippen LogP contribution in [0.15, 0.2) is 41.3 Å². The van der Waals surface area contributed by atoms with Crippen molar-refractivity contribution < 1.29 is 64.4 Å². The summed E-state index contributed by atoms with van der Waals surface area (Å²) < 4.78 is 33.8. The Labute approximate surface area is 207 Å². The van der Waals surface area contributed by atoms with Crippen LogP contribution in [0, 0.1) is 0 Å². The smallest absolute Gasteiger partial charge is 0.744 e. The summed E-state index contributed by atoms with van der Waals surface area (Å²) in [5, 5.41) is 1.88. The minimum Gasteiger partial charge on any atom is -0.744 e. The minimum absolute atomic E-state index is 0. The van der Waals surface area contributed by atoms with Crippen molar-refractivity contribution in [3.63, 3.8) is 0 Å². The van der Waals surface area contributed by atoms with Gasteiger partial charge in [-0.2, -0.15) is 0 Å². The zero-order chi connectivity index (χ0) is 18.8. The number of hydrogen-bond donors (Lipinski definition) is 0. The summed E-state index contributed by atoms with van der Waals surface area (Å²) in [7, 11) is -4.41. The van der Waals surface area contributed by atoms with Crippen LogP contribution in [0.4, 0.5) is 0 Å². The second-order valence-electron chi connectivity index (χ2n) is 7.19. The van der Waals surface area contributed by atoms with E-state index < -0.39 is 10.1 Å². The van der Waals surface area contributed by atoms with Crippen molar-refractivity contribution in [3.05, 3.63) is 42.0 Å². The molecule has 0 saturated carbocycles. The summed E-state index contributed by atoms with van der Waals surface area (Å²) in [5.41, 5.74) is 1.13. The Balaban J connectivity index is 0.00000364. The molecule has 0 fully saturated rings. The van der Waals surface area contributed by atoms with Gasteiger partial charge in [-0.3, -0.25) is 0 Å². The molecule has 0 amide bonds. The van der Waals surface area contributed by atoms with Crippen molar-refractivity contribution in [1.82, 2.24) is 0 Å². The van der Waals surface area contributed by atoms with Crippen LogP contribution < -0.4 is 51.4 Å². The zero-order valence-electron chi connectivity index (χ0n) is 16.9. The van der Waals surface area contributed by atoms with Crippen LogP contribution in [-0.4, -0.2) is 13.0 Å². The predicted molar refractivity (Wildman–Crippen MR) is 107 cm³/mol. The Kier molecular flexibility index (Phi) is 12.6. The number of aryl methyl sites for hydroxylation is 1. The molecule has 0 aromatic heterocycles. The maximum Gasteiger partial charge on any atom is 1.00 e. The molecule has 0 radical (unpaired) electrons. The maximum absolute atomic E-state index is 11.3. The zero-order valence-corrected chi connectivity index (χ0v) is 20.8. The van der Waals surface area contributed by atoms with Crippen molar-refractivity contribution in [2.45, 2.75) is 82.4 Å². The monoisotopic (exact) mass is 414 g/mol. The topological polar surface area (TPSA) is 57.2 Å². The first-order valence-corrected chi connectivity index (χ1v) is 11.4. The Morgan fingerprint density at radius 3 is 2.00 bits per heavy atom. The van der Waals surface area contributed by atoms with E-state index in [0.29, 0.717) is 0 Å². The van der Waals surface area contributed by atoms with E-state index in [9.17, 15) is 13.0 Å². The molecular weight excluding hydrogens is 383 g/mol. The Morgan fingerprint density at radius 1 is 0.815 bits per heavy atom. The average molecular weight is 415 g/mol. The molecular formula is C22H31KO3S. The molecule has 0 aliphatic heterocycles. The first-order valence-electron chi connectivity index (χ1n) is 10.00. The van der Waals surface area contributed by atoms with E-state index >= 15 is 0 Å². The molecule has 0 spiro atoms. The van der Waals surface area contributed by atoms with Crippen molar-refractivity contribution in [3.8, 4) is 0 Å². The van der Waals surface area contributed by atoms with Crippen molar-refractivity contribution >= 4 is 20.9 Å². The molecule has 27 heavy (non-hydrogen) atoms. The second kappa shape index (κ2) is 13.5. The van der Waals surface area contributed by atoms with Gasteiger partial charge in [0.05, 0.1) is 4.90 Å².